The fourth-order valence-corrected chi connectivity index (χ4v) is 2.30. The molecule has 0 bridgehead atoms. The van der Waals surface area contributed by atoms with Crippen LogP contribution in [0.25, 0.3) is 0 Å². The van der Waals surface area contributed by atoms with Crippen molar-refractivity contribution in [3.05, 3.63) is 30.1 Å². The van der Waals surface area contributed by atoms with Crippen LogP contribution in [0.15, 0.2) is 24.3 Å². The molecule has 0 radical (unpaired) electrons. The van der Waals surface area contributed by atoms with E-state index < -0.39 is 0 Å². The first-order valence-electron chi connectivity index (χ1n) is 6.56. The summed E-state index contributed by atoms with van der Waals surface area (Å²) in [6.07, 6.45) is 1.84. The van der Waals surface area contributed by atoms with Gasteiger partial charge in [0.15, 0.2) is 0 Å². The van der Waals surface area contributed by atoms with Gasteiger partial charge in [-0.1, -0.05) is 6.07 Å². The van der Waals surface area contributed by atoms with Gasteiger partial charge in [0.05, 0.1) is 6.54 Å². The smallest absolute Gasteiger partial charge is 0.238 e. The Bertz CT molecular complexity index is 431. The number of carbonyl (C=O) groups is 1. The van der Waals surface area contributed by atoms with Crippen LogP contribution in [-0.2, 0) is 4.79 Å². The molecule has 2 N–H and O–H groups in total. The molecule has 1 heterocycles. The van der Waals surface area contributed by atoms with Crippen molar-refractivity contribution in [3.63, 3.8) is 0 Å². The Morgan fingerprint density at radius 2 is 2.16 bits per heavy atom. The highest BCUT2D eigenvalue weighted by molar-refractivity contribution is 5.92. The van der Waals surface area contributed by atoms with Crippen LogP contribution in [0.3, 0.4) is 0 Å². The predicted octanol–water partition coefficient (Wildman–Crippen LogP) is 1.47. The van der Waals surface area contributed by atoms with Crippen LogP contribution in [0.2, 0.25) is 0 Å². The van der Waals surface area contributed by atoms with Crippen LogP contribution >= 0.6 is 0 Å². The molecule has 0 unspecified atom stereocenters. The summed E-state index contributed by atoms with van der Waals surface area (Å²) in [6.45, 7) is 2.18. The average molecular weight is 266 g/mol. The van der Waals surface area contributed by atoms with Crippen molar-refractivity contribution in [1.29, 1.82) is 0 Å². The van der Waals surface area contributed by atoms with E-state index in [0.717, 1.165) is 25.9 Å². The molecule has 0 aromatic heterocycles. The van der Waals surface area contributed by atoms with Crippen molar-refractivity contribution in [3.8, 4) is 0 Å². The Balaban J connectivity index is 1.79. The van der Waals surface area contributed by atoms with Crippen molar-refractivity contribution in [1.82, 2.24) is 4.90 Å². The number of benzene rings is 1. The van der Waals surface area contributed by atoms with E-state index in [1.165, 1.54) is 12.1 Å². The molecule has 19 heavy (non-hydrogen) atoms. The van der Waals surface area contributed by atoms with Crippen LogP contribution in [0, 0.1) is 11.7 Å². The first-order valence-corrected chi connectivity index (χ1v) is 6.56. The molecule has 0 aliphatic carbocycles. The number of amides is 1. The summed E-state index contributed by atoms with van der Waals surface area (Å²) >= 11 is 0. The lowest BCUT2D eigenvalue weighted by atomic mass is 9.98. The Hall–Kier alpha value is -1.46. The number of aliphatic hydroxyl groups is 1. The number of nitrogens with zero attached hydrogens (tertiary/aromatic N) is 1. The summed E-state index contributed by atoms with van der Waals surface area (Å²) in [5.41, 5.74) is 0.482. The molecule has 1 aromatic carbocycles. The molecular formula is C14H19FN2O2. The highest BCUT2D eigenvalue weighted by Gasteiger charge is 2.20. The normalized spacial score (nSPS) is 17.4. The lowest BCUT2D eigenvalue weighted by Crippen LogP contribution is -2.39. The summed E-state index contributed by atoms with van der Waals surface area (Å²) in [6, 6.07) is 5.88. The third-order valence-electron chi connectivity index (χ3n) is 3.44. The fourth-order valence-electron chi connectivity index (χ4n) is 2.30. The standard InChI is InChI=1S/C14H19FN2O2/c15-12-2-1-3-13(8-12)16-14(19)9-17-6-4-11(10-18)5-7-17/h1-3,8,11,18H,4-7,9-10H2,(H,16,19). The topological polar surface area (TPSA) is 52.6 Å². The van der Waals surface area contributed by atoms with Gasteiger partial charge >= 0.3 is 0 Å². The molecule has 1 aromatic rings. The minimum absolute atomic E-state index is 0.131. The third kappa shape index (κ3) is 4.29. The summed E-state index contributed by atoms with van der Waals surface area (Å²) in [4.78, 5) is 13.9. The zero-order chi connectivity index (χ0) is 13.7. The number of halogens is 1. The molecule has 1 saturated heterocycles. The predicted molar refractivity (Wildman–Crippen MR) is 71.3 cm³/mol. The van der Waals surface area contributed by atoms with E-state index in [1.54, 1.807) is 12.1 Å². The quantitative estimate of drug-likeness (QED) is 0.867. The highest BCUT2D eigenvalue weighted by Crippen LogP contribution is 2.16. The number of carbonyl (C=O) groups excluding carboxylic acids is 1. The zero-order valence-corrected chi connectivity index (χ0v) is 10.8. The SMILES string of the molecule is O=C(CN1CCC(CO)CC1)Nc1cccc(F)c1. The summed E-state index contributed by atoms with van der Waals surface area (Å²) in [5, 5.41) is 11.7. The minimum Gasteiger partial charge on any atom is -0.396 e. The van der Waals surface area contributed by atoms with Crippen LogP contribution < -0.4 is 5.32 Å². The number of nitrogens with one attached hydrogen (secondary N) is 1. The van der Waals surface area contributed by atoms with E-state index in [1.807, 2.05) is 0 Å². The van der Waals surface area contributed by atoms with Gasteiger partial charge in [-0.25, -0.2) is 4.39 Å². The Kier molecular flexibility index (Phi) is 4.87. The summed E-state index contributed by atoms with van der Waals surface area (Å²) in [5.74, 6) is -0.128. The van der Waals surface area contributed by atoms with Crippen molar-refractivity contribution in [2.24, 2.45) is 5.92 Å². The molecule has 0 spiro atoms. The first kappa shape index (κ1) is 14.0. The maximum absolute atomic E-state index is 13.0. The summed E-state index contributed by atoms with van der Waals surface area (Å²) < 4.78 is 13.0. The van der Waals surface area contributed by atoms with Crippen molar-refractivity contribution in [2.45, 2.75) is 12.8 Å². The monoisotopic (exact) mass is 266 g/mol. The van der Waals surface area contributed by atoms with Crippen molar-refractivity contribution in [2.75, 3.05) is 31.6 Å². The lowest BCUT2D eigenvalue weighted by Gasteiger charge is -2.30. The molecular weight excluding hydrogens is 247 g/mol. The van der Waals surface area contributed by atoms with Gasteiger partial charge < -0.3 is 10.4 Å². The Morgan fingerprint density at radius 1 is 1.42 bits per heavy atom. The van der Waals surface area contributed by atoms with Gasteiger partial charge in [0.25, 0.3) is 0 Å². The van der Waals surface area contributed by atoms with Crippen LogP contribution in [0.5, 0.6) is 0 Å². The minimum atomic E-state index is -0.360. The van der Waals surface area contributed by atoms with E-state index in [-0.39, 0.29) is 18.3 Å². The second-order valence-electron chi connectivity index (χ2n) is 4.96. The first-order chi connectivity index (χ1) is 9.17. The van der Waals surface area contributed by atoms with E-state index in [2.05, 4.69) is 10.2 Å². The number of anilines is 1. The fraction of sp³-hybridized carbons (Fsp3) is 0.500. The number of aliphatic hydroxyl groups excluding tert-OH is 1. The Morgan fingerprint density at radius 3 is 2.79 bits per heavy atom. The molecule has 1 fully saturated rings. The Labute approximate surface area is 112 Å². The van der Waals surface area contributed by atoms with E-state index in [9.17, 15) is 9.18 Å². The lowest BCUT2D eigenvalue weighted by molar-refractivity contribution is -0.117. The largest absolute Gasteiger partial charge is 0.396 e. The number of hydrogen-bond acceptors (Lipinski definition) is 3. The molecule has 1 aliphatic rings. The molecule has 1 aliphatic heterocycles. The van der Waals surface area contributed by atoms with Crippen LogP contribution in [0.4, 0.5) is 10.1 Å². The van der Waals surface area contributed by atoms with Crippen molar-refractivity contribution < 1.29 is 14.3 Å². The second-order valence-corrected chi connectivity index (χ2v) is 4.96. The van der Waals surface area contributed by atoms with Crippen LogP contribution in [-0.4, -0.2) is 42.2 Å². The molecule has 0 saturated carbocycles. The maximum Gasteiger partial charge on any atom is 0.238 e. The van der Waals surface area contributed by atoms with Gasteiger partial charge in [0.2, 0.25) is 5.91 Å². The zero-order valence-electron chi connectivity index (χ0n) is 10.8. The number of likely N-dealkylation sites (tertiary alicyclic amines) is 1. The van der Waals surface area contributed by atoms with E-state index >= 15 is 0 Å². The average Bonchev–Trinajstić information content (AvgIpc) is 2.39. The van der Waals surface area contributed by atoms with E-state index in [4.69, 9.17) is 5.11 Å². The number of hydrogen-bond donors (Lipinski definition) is 2. The van der Waals surface area contributed by atoms with Crippen LogP contribution in [0.1, 0.15) is 12.8 Å². The summed E-state index contributed by atoms with van der Waals surface area (Å²) in [7, 11) is 0. The number of rotatable bonds is 4. The van der Waals surface area contributed by atoms with Crippen molar-refractivity contribution >= 4 is 11.6 Å². The van der Waals surface area contributed by atoms with E-state index in [0.29, 0.717) is 18.2 Å². The number of piperidine rings is 1. The molecule has 5 heteroatoms. The maximum atomic E-state index is 13.0. The van der Waals surface area contributed by atoms with Gasteiger partial charge in [0.1, 0.15) is 5.82 Å². The molecule has 0 atom stereocenters. The van der Waals surface area contributed by atoms with Gasteiger partial charge in [0, 0.05) is 12.3 Å². The molecule has 104 valence electrons. The third-order valence-corrected chi connectivity index (χ3v) is 3.44. The molecule has 4 nitrogen and oxygen atoms in total. The molecule has 1 amide bonds. The molecule has 2 rings (SSSR count). The van der Waals surface area contributed by atoms with Gasteiger partial charge in [-0.05, 0) is 50.0 Å². The van der Waals surface area contributed by atoms with Gasteiger partial charge in [-0.15, -0.1) is 0 Å². The van der Waals surface area contributed by atoms with Gasteiger partial charge in [-0.3, -0.25) is 9.69 Å². The van der Waals surface area contributed by atoms with Gasteiger partial charge in [-0.2, -0.15) is 0 Å². The highest BCUT2D eigenvalue weighted by atomic mass is 19.1. The second kappa shape index (κ2) is 6.63.